The topological polar surface area (TPSA) is 57.6 Å². The minimum absolute atomic E-state index is 0.0840. The van der Waals surface area contributed by atoms with E-state index in [1.165, 1.54) is 0 Å². The highest BCUT2D eigenvalue weighted by Crippen LogP contribution is 2.44. The highest BCUT2D eigenvalue weighted by Gasteiger charge is 2.46. The van der Waals surface area contributed by atoms with E-state index in [9.17, 15) is 14.7 Å². The minimum atomic E-state index is -0.851. The maximum absolute atomic E-state index is 12.4. The number of carbonyl (C=O) groups excluding carboxylic acids is 1. The lowest BCUT2D eigenvalue weighted by molar-refractivity contribution is -0.159. The standard InChI is InChI=1S/C16H20ClNO3/c1-2-18(11-12-6-3-4-7-13(12)17)14(19)10-16(15(20)21)8-5-9-16/h3-4,6-7H,2,5,8-11H2,1H3,(H,20,21). The highest BCUT2D eigenvalue weighted by atomic mass is 35.5. The van der Waals surface area contributed by atoms with E-state index >= 15 is 0 Å². The van der Waals surface area contributed by atoms with E-state index < -0.39 is 11.4 Å². The second kappa shape index (κ2) is 6.48. The van der Waals surface area contributed by atoms with Crippen molar-refractivity contribution < 1.29 is 14.7 Å². The predicted octanol–water partition coefficient (Wildman–Crippen LogP) is 3.33. The summed E-state index contributed by atoms with van der Waals surface area (Å²) >= 11 is 6.12. The maximum atomic E-state index is 12.4. The molecule has 1 N–H and O–H groups in total. The van der Waals surface area contributed by atoms with Crippen LogP contribution in [-0.2, 0) is 16.1 Å². The molecule has 1 aliphatic carbocycles. The third-order valence-corrected chi connectivity index (χ3v) is 4.68. The van der Waals surface area contributed by atoms with Crippen LogP contribution >= 0.6 is 11.6 Å². The second-order valence-electron chi connectivity index (χ2n) is 5.62. The van der Waals surface area contributed by atoms with Crippen LogP contribution in [0.3, 0.4) is 0 Å². The lowest BCUT2D eigenvalue weighted by atomic mass is 9.66. The van der Waals surface area contributed by atoms with Crippen LogP contribution in [0, 0.1) is 5.41 Å². The fourth-order valence-electron chi connectivity index (χ4n) is 2.68. The number of aliphatic carboxylic acids is 1. The van der Waals surface area contributed by atoms with Gasteiger partial charge < -0.3 is 10.0 Å². The molecule has 0 aromatic heterocycles. The van der Waals surface area contributed by atoms with E-state index in [0.29, 0.717) is 31.0 Å². The van der Waals surface area contributed by atoms with Gasteiger partial charge in [0.05, 0.1) is 5.41 Å². The summed E-state index contributed by atoms with van der Waals surface area (Å²) in [7, 11) is 0. The average molecular weight is 310 g/mol. The molecule has 0 unspecified atom stereocenters. The van der Waals surface area contributed by atoms with Crippen molar-refractivity contribution >= 4 is 23.5 Å². The quantitative estimate of drug-likeness (QED) is 0.877. The van der Waals surface area contributed by atoms with Gasteiger partial charge in [0.2, 0.25) is 5.91 Å². The molecule has 21 heavy (non-hydrogen) atoms. The first-order chi connectivity index (χ1) is 9.98. The summed E-state index contributed by atoms with van der Waals surface area (Å²) in [5.41, 5.74) is 0.0395. The lowest BCUT2D eigenvalue weighted by Gasteiger charge is -2.38. The van der Waals surface area contributed by atoms with Gasteiger partial charge in [0.15, 0.2) is 0 Å². The molecule has 1 fully saturated rings. The van der Waals surface area contributed by atoms with Crippen LogP contribution in [-0.4, -0.2) is 28.4 Å². The monoisotopic (exact) mass is 309 g/mol. The Hall–Kier alpha value is -1.55. The fourth-order valence-corrected chi connectivity index (χ4v) is 2.88. The number of amides is 1. The van der Waals surface area contributed by atoms with Crippen LogP contribution < -0.4 is 0 Å². The molecule has 2 rings (SSSR count). The summed E-state index contributed by atoms with van der Waals surface area (Å²) < 4.78 is 0. The Morgan fingerprint density at radius 3 is 2.48 bits per heavy atom. The molecular weight excluding hydrogens is 290 g/mol. The molecule has 1 amide bonds. The van der Waals surface area contributed by atoms with Crippen LogP contribution in [0.1, 0.15) is 38.2 Å². The van der Waals surface area contributed by atoms with Gasteiger partial charge in [-0.2, -0.15) is 0 Å². The van der Waals surface area contributed by atoms with Crippen LogP contribution in [0.15, 0.2) is 24.3 Å². The molecule has 5 heteroatoms. The Morgan fingerprint density at radius 1 is 1.33 bits per heavy atom. The normalized spacial score (nSPS) is 16.1. The van der Waals surface area contributed by atoms with Gasteiger partial charge in [-0.1, -0.05) is 36.2 Å². The zero-order chi connectivity index (χ0) is 15.5. The molecule has 114 valence electrons. The summed E-state index contributed by atoms with van der Waals surface area (Å²) in [6.45, 7) is 2.85. The number of carboxylic acid groups (broad SMARTS) is 1. The Balaban J connectivity index is 2.05. The van der Waals surface area contributed by atoms with E-state index in [-0.39, 0.29) is 12.3 Å². The van der Waals surface area contributed by atoms with Crippen molar-refractivity contribution in [1.82, 2.24) is 4.90 Å². The number of rotatable bonds is 6. The molecule has 0 heterocycles. The summed E-state index contributed by atoms with van der Waals surface area (Å²) in [4.78, 5) is 25.5. The zero-order valence-corrected chi connectivity index (χ0v) is 12.9. The first kappa shape index (κ1) is 15.8. The molecule has 0 aliphatic heterocycles. The molecule has 0 bridgehead atoms. The summed E-state index contributed by atoms with van der Waals surface area (Å²) in [5.74, 6) is -0.963. The highest BCUT2D eigenvalue weighted by molar-refractivity contribution is 6.31. The lowest BCUT2D eigenvalue weighted by Crippen LogP contribution is -2.43. The van der Waals surface area contributed by atoms with Crippen molar-refractivity contribution in [3.05, 3.63) is 34.9 Å². The Bertz CT molecular complexity index is 540. The number of benzene rings is 1. The third-order valence-electron chi connectivity index (χ3n) is 4.31. The molecule has 0 saturated heterocycles. The van der Waals surface area contributed by atoms with Crippen LogP contribution in [0.4, 0.5) is 0 Å². The maximum Gasteiger partial charge on any atom is 0.310 e. The largest absolute Gasteiger partial charge is 0.481 e. The Kier molecular flexibility index (Phi) is 4.88. The number of hydrogen-bond acceptors (Lipinski definition) is 2. The molecule has 0 spiro atoms. The van der Waals surface area contributed by atoms with E-state index in [2.05, 4.69) is 0 Å². The van der Waals surface area contributed by atoms with Gasteiger partial charge in [0.1, 0.15) is 0 Å². The Labute approximate surface area is 129 Å². The first-order valence-electron chi connectivity index (χ1n) is 7.23. The van der Waals surface area contributed by atoms with E-state index in [0.717, 1.165) is 12.0 Å². The van der Waals surface area contributed by atoms with Crippen molar-refractivity contribution in [3.8, 4) is 0 Å². The van der Waals surface area contributed by atoms with Crippen molar-refractivity contribution in [1.29, 1.82) is 0 Å². The summed E-state index contributed by atoms with van der Waals surface area (Å²) in [6, 6.07) is 7.40. The predicted molar refractivity (Wildman–Crippen MR) is 81.1 cm³/mol. The molecular formula is C16H20ClNO3. The van der Waals surface area contributed by atoms with Gasteiger partial charge in [0.25, 0.3) is 0 Å². The smallest absolute Gasteiger partial charge is 0.310 e. The number of carbonyl (C=O) groups is 2. The van der Waals surface area contributed by atoms with Crippen molar-refractivity contribution in [3.63, 3.8) is 0 Å². The number of hydrogen-bond donors (Lipinski definition) is 1. The van der Waals surface area contributed by atoms with Crippen molar-refractivity contribution in [2.24, 2.45) is 5.41 Å². The second-order valence-corrected chi connectivity index (χ2v) is 6.02. The fraction of sp³-hybridized carbons (Fsp3) is 0.500. The van der Waals surface area contributed by atoms with Gasteiger partial charge in [-0.3, -0.25) is 9.59 Å². The number of nitrogens with zero attached hydrogens (tertiary/aromatic N) is 1. The van der Waals surface area contributed by atoms with Crippen LogP contribution in [0.25, 0.3) is 0 Å². The van der Waals surface area contributed by atoms with E-state index in [4.69, 9.17) is 11.6 Å². The first-order valence-corrected chi connectivity index (χ1v) is 7.61. The summed E-state index contributed by atoms with van der Waals surface area (Å²) in [5, 5.41) is 9.95. The van der Waals surface area contributed by atoms with E-state index in [1.54, 1.807) is 11.0 Å². The molecule has 1 aliphatic rings. The number of halogens is 1. The Morgan fingerprint density at radius 2 is 2.00 bits per heavy atom. The van der Waals surface area contributed by atoms with Crippen LogP contribution in [0.2, 0.25) is 5.02 Å². The van der Waals surface area contributed by atoms with Crippen LogP contribution in [0.5, 0.6) is 0 Å². The molecule has 0 atom stereocenters. The van der Waals surface area contributed by atoms with Gasteiger partial charge in [-0.05, 0) is 31.4 Å². The molecule has 0 radical (unpaired) electrons. The van der Waals surface area contributed by atoms with Gasteiger partial charge in [-0.15, -0.1) is 0 Å². The third kappa shape index (κ3) is 3.38. The minimum Gasteiger partial charge on any atom is -0.481 e. The summed E-state index contributed by atoms with van der Waals surface area (Å²) in [6.07, 6.45) is 2.16. The molecule has 1 aromatic carbocycles. The van der Waals surface area contributed by atoms with Gasteiger partial charge in [-0.25, -0.2) is 0 Å². The van der Waals surface area contributed by atoms with Crippen molar-refractivity contribution in [2.75, 3.05) is 6.54 Å². The van der Waals surface area contributed by atoms with Gasteiger partial charge >= 0.3 is 5.97 Å². The molecule has 1 aromatic rings. The van der Waals surface area contributed by atoms with E-state index in [1.807, 2.05) is 25.1 Å². The number of carboxylic acids is 1. The van der Waals surface area contributed by atoms with Crippen molar-refractivity contribution in [2.45, 2.75) is 39.2 Å². The average Bonchev–Trinajstić information content (AvgIpc) is 2.41. The van der Waals surface area contributed by atoms with Gasteiger partial charge in [0, 0.05) is 24.5 Å². The zero-order valence-electron chi connectivity index (χ0n) is 12.1. The SMILES string of the molecule is CCN(Cc1ccccc1Cl)C(=O)CC1(C(=O)O)CCC1. The molecule has 4 nitrogen and oxygen atoms in total. The molecule has 1 saturated carbocycles.